The highest BCUT2D eigenvalue weighted by Crippen LogP contribution is 2.17. The maximum absolute atomic E-state index is 12.2. The van der Waals surface area contributed by atoms with Gasteiger partial charge in [-0.25, -0.2) is 0 Å². The van der Waals surface area contributed by atoms with E-state index in [0.29, 0.717) is 6.54 Å². The van der Waals surface area contributed by atoms with E-state index in [1.807, 2.05) is 6.07 Å². The average Bonchev–Trinajstić information content (AvgIpc) is 2.67. The first-order valence-electron chi connectivity index (χ1n) is 9.55. The second-order valence-corrected chi connectivity index (χ2v) is 7.04. The lowest BCUT2D eigenvalue weighted by molar-refractivity contribution is -0.122. The van der Waals surface area contributed by atoms with Gasteiger partial charge in [0.05, 0.1) is 6.54 Å². The summed E-state index contributed by atoms with van der Waals surface area (Å²) in [5, 5.41) is 3.06. The van der Waals surface area contributed by atoms with Crippen molar-refractivity contribution in [2.45, 2.75) is 19.8 Å². The molecular formula is C22H29N3O. The number of carbonyl (C=O) groups excluding carboxylic acids is 1. The number of nitrogens with one attached hydrogen (secondary N) is 1. The summed E-state index contributed by atoms with van der Waals surface area (Å²) < 4.78 is 0. The summed E-state index contributed by atoms with van der Waals surface area (Å²) in [5.41, 5.74) is 3.91. The molecule has 0 saturated carbocycles. The Balaban J connectivity index is 1.33. The van der Waals surface area contributed by atoms with Gasteiger partial charge in [-0.1, -0.05) is 42.5 Å². The van der Waals surface area contributed by atoms with Crippen molar-refractivity contribution in [3.8, 4) is 0 Å². The Bertz CT molecular complexity index is 694. The smallest absolute Gasteiger partial charge is 0.234 e. The van der Waals surface area contributed by atoms with Crippen LogP contribution in [0, 0.1) is 6.92 Å². The van der Waals surface area contributed by atoms with Gasteiger partial charge >= 0.3 is 0 Å². The van der Waals surface area contributed by atoms with E-state index in [1.165, 1.54) is 16.8 Å². The second-order valence-electron chi connectivity index (χ2n) is 7.04. The SMILES string of the molecule is Cc1cccc(N2CCN(CC(=O)NCCCc3ccccc3)CC2)c1. The molecule has 0 unspecified atom stereocenters. The molecule has 4 heteroatoms. The van der Waals surface area contributed by atoms with Crippen molar-refractivity contribution in [2.24, 2.45) is 0 Å². The van der Waals surface area contributed by atoms with Gasteiger partial charge in [-0.15, -0.1) is 0 Å². The van der Waals surface area contributed by atoms with Crippen molar-refractivity contribution in [1.29, 1.82) is 0 Å². The summed E-state index contributed by atoms with van der Waals surface area (Å²) in [6.45, 7) is 7.21. The van der Waals surface area contributed by atoms with Crippen molar-refractivity contribution in [3.63, 3.8) is 0 Å². The van der Waals surface area contributed by atoms with Crippen molar-refractivity contribution in [2.75, 3.05) is 44.2 Å². The highest BCUT2D eigenvalue weighted by molar-refractivity contribution is 5.78. The van der Waals surface area contributed by atoms with Gasteiger partial charge in [0.2, 0.25) is 5.91 Å². The van der Waals surface area contributed by atoms with Gasteiger partial charge in [0.1, 0.15) is 0 Å². The first-order valence-corrected chi connectivity index (χ1v) is 9.55. The van der Waals surface area contributed by atoms with Crippen LogP contribution in [0.15, 0.2) is 54.6 Å². The first-order chi connectivity index (χ1) is 12.7. The van der Waals surface area contributed by atoms with Crippen molar-refractivity contribution >= 4 is 11.6 Å². The van der Waals surface area contributed by atoms with Gasteiger partial charge in [-0.05, 0) is 43.0 Å². The molecule has 2 aromatic rings. The van der Waals surface area contributed by atoms with E-state index in [0.717, 1.165) is 45.6 Å². The molecule has 1 N–H and O–H groups in total. The molecule has 4 nitrogen and oxygen atoms in total. The number of piperazine rings is 1. The summed E-state index contributed by atoms with van der Waals surface area (Å²) in [7, 11) is 0. The minimum absolute atomic E-state index is 0.141. The van der Waals surface area contributed by atoms with Crippen molar-refractivity contribution < 1.29 is 4.79 Å². The fraction of sp³-hybridized carbons (Fsp3) is 0.409. The lowest BCUT2D eigenvalue weighted by Crippen LogP contribution is -2.49. The van der Waals surface area contributed by atoms with Gasteiger partial charge < -0.3 is 10.2 Å². The molecular weight excluding hydrogens is 322 g/mol. The summed E-state index contributed by atoms with van der Waals surface area (Å²) in [6, 6.07) is 19.1. The van der Waals surface area contributed by atoms with Crippen LogP contribution in [0.25, 0.3) is 0 Å². The number of carbonyl (C=O) groups is 1. The number of nitrogens with zero attached hydrogens (tertiary/aromatic N) is 2. The Morgan fingerprint density at radius 1 is 1.00 bits per heavy atom. The molecule has 1 aliphatic heterocycles. The number of anilines is 1. The molecule has 0 spiro atoms. The van der Waals surface area contributed by atoms with Crippen LogP contribution in [0.2, 0.25) is 0 Å². The molecule has 1 heterocycles. The highest BCUT2D eigenvalue weighted by Gasteiger charge is 2.19. The molecule has 138 valence electrons. The lowest BCUT2D eigenvalue weighted by atomic mass is 10.1. The van der Waals surface area contributed by atoms with Crippen LogP contribution in [0.1, 0.15) is 17.5 Å². The van der Waals surface area contributed by atoms with Crippen LogP contribution in [-0.4, -0.2) is 50.1 Å². The van der Waals surface area contributed by atoms with Gasteiger partial charge in [-0.3, -0.25) is 9.69 Å². The maximum atomic E-state index is 12.2. The molecule has 0 radical (unpaired) electrons. The molecule has 1 saturated heterocycles. The van der Waals surface area contributed by atoms with Gasteiger partial charge in [-0.2, -0.15) is 0 Å². The molecule has 1 aliphatic rings. The average molecular weight is 351 g/mol. The molecule has 0 aromatic heterocycles. The van der Waals surface area contributed by atoms with E-state index in [2.05, 4.69) is 70.6 Å². The molecule has 0 atom stereocenters. The van der Waals surface area contributed by atoms with Crippen LogP contribution in [-0.2, 0) is 11.2 Å². The fourth-order valence-corrected chi connectivity index (χ4v) is 3.41. The van der Waals surface area contributed by atoms with Crippen molar-refractivity contribution in [1.82, 2.24) is 10.2 Å². The second kappa shape index (κ2) is 9.39. The minimum Gasteiger partial charge on any atom is -0.369 e. The molecule has 1 amide bonds. The highest BCUT2D eigenvalue weighted by atomic mass is 16.2. The van der Waals surface area contributed by atoms with Crippen LogP contribution in [0.5, 0.6) is 0 Å². The molecule has 2 aromatic carbocycles. The Hall–Kier alpha value is -2.33. The Morgan fingerprint density at radius 3 is 2.50 bits per heavy atom. The summed E-state index contributed by atoms with van der Waals surface area (Å²) in [4.78, 5) is 16.8. The van der Waals surface area contributed by atoms with E-state index in [4.69, 9.17) is 0 Å². The maximum Gasteiger partial charge on any atom is 0.234 e. The molecule has 1 fully saturated rings. The van der Waals surface area contributed by atoms with E-state index in [9.17, 15) is 4.79 Å². The normalized spacial score (nSPS) is 15.0. The van der Waals surface area contributed by atoms with Gasteiger partial charge in [0, 0.05) is 38.4 Å². The predicted octanol–water partition coefficient (Wildman–Crippen LogP) is 2.87. The van der Waals surface area contributed by atoms with Gasteiger partial charge in [0.15, 0.2) is 0 Å². The summed E-state index contributed by atoms with van der Waals surface area (Å²) >= 11 is 0. The van der Waals surface area contributed by atoms with E-state index in [-0.39, 0.29) is 5.91 Å². The monoisotopic (exact) mass is 351 g/mol. The largest absolute Gasteiger partial charge is 0.369 e. The third-order valence-corrected chi connectivity index (χ3v) is 4.91. The number of benzene rings is 2. The third-order valence-electron chi connectivity index (χ3n) is 4.91. The predicted molar refractivity (Wildman–Crippen MR) is 108 cm³/mol. The number of rotatable bonds is 7. The fourth-order valence-electron chi connectivity index (χ4n) is 3.41. The number of amides is 1. The topological polar surface area (TPSA) is 35.6 Å². The molecule has 0 aliphatic carbocycles. The molecule has 26 heavy (non-hydrogen) atoms. The number of aryl methyl sites for hydroxylation is 2. The zero-order valence-electron chi connectivity index (χ0n) is 15.7. The van der Waals surface area contributed by atoms with Crippen LogP contribution < -0.4 is 10.2 Å². The quantitative estimate of drug-likeness (QED) is 0.779. The number of hydrogen-bond acceptors (Lipinski definition) is 3. The Labute approximate surface area is 156 Å². The third kappa shape index (κ3) is 5.60. The zero-order chi connectivity index (χ0) is 18.2. The van der Waals surface area contributed by atoms with Crippen LogP contribution in [0.3, 0.4) is 0 Å². The Kier molecular flexibility index (Phi) is 6.67. The zero-order valence-corrected chi connectivity index (χ0v) is 15.7. The summed E-state index contributed by atoms with van der Waals surface area (Å²) in [6.07, 6.45) is 1.99. The number of hydrogen-bond donors (Lipinski definition) is 1. The Morgan fingerprint density at radius 2 is 1.77 bits per heavy atom. The summed E-state index contributed by atoms with van der Waals surface area (Å²) in [5.74, 6) is 0.141. The van der Waals surface area contributed by atoms with Crippen LogP contribution >= 0.6 is 0 Å². The van der Waals surface area contributed by atoms with E-state index < -0.39 is 0 Å². The van der Waals surface area contributed by atoms with E-state index in [1.54, 1.807) is 0 Å². The van der Waals surface area contributed by atoms with E-state index >= 15 is 0 Å². The van der Waals surface area contributed by atoms with Gasteiger partial charge in [0.25, 0.3) is 0 Å². The van der Waals surface area contributed by atoms with Crippen LogP contribution in [0.4, 0.5) is 5.69 Å². The lowest BCUT2D eigenvalue weighted by Gasteiger charge is -2.35. The standard InChI is InChI=1S/C22H29N3O/c1-19-7-5-11-21(17-19)25-15-13-24(14-16-25)18-22(26)23-12-6-10-20-8-3-2-4-9-20/h2-5,7-9,11,17H,6,10,12-16,18H2,1H3,(H,23,26). The van der Waals surface area contributed by atoms with Crippen molar-refractivity contribution in [3.05, 3.63) is 65.7 Å². The molecule has 3 rings (SSSR count). The minimum atomic E-state index is 0.141. The molecule has 0 bridgehead atoms. The first kappa shape index (κ1) is 18.5.